The van der Waals surface area contributed by atoms with Gasteiger partial charge >= 0.3 is 0 Å². The van der Waals surface area contributed by atoms with Crippen molar-refractivity contribution in [2.75, 3.05) is 13.1 Å². The van der Waals surface area contributed by atoms with Crippen LogP contribution in [0.5, 0.6) is 0 Å². The number of hydrogen-bond donors (Lipinski definition) is 2. The van der Waals surface area contributed by atoms with Crippen molar-refractivity contribution in [2.24, 2.45) is 5.41 Å². The van der Waals surface area contributed by atoms with Crippen molar-refractivity contribution in [3.8, 4) is 0 Å². The number of hydrogen-bond acceptors (Lipinski definition) is 3. The summed E-state index contributed by atoms with van der Waals surface area (Å²) in [4.78, 5) is 33.1. The van der Waals surface area contributed by atoms with E-state index in [-0.39, 0.29) is 31.6 Å². The Bertz CT molecular complexity index is 976. The molecule has 1 spiro atoms. The van der Waals surface area contributed by atoms with Crippen LogP contribution in [0.25, 0.3) is 10.9 Å². The van der Waals surface area contributed by atoms with Gasteiger partial charge in [0.05, 0.1) is 17.1 Å². The zero-order valence-corrected chi connectivity index (χ0v) is 15.6. The van der Waals surface area contributed by atoms with Gasteiger partial charge in [0.15, 0.2) is 0 Å². The first-order valence-corrected chi connectivity index (χ1v) is 9.40. The quantitative estimate of drug-likeness (QED) is 0.740. The lowest BCUT2D eigenvalue weighted by Gasteiger charge is -2.23. The number of likely N-dealkylation sites (tertiary alicyclic amines) is 1. The van der Waals surface area contributed by atoms with Gasteiger partial charge in [0.2, 0.25) is 5.91 Å². The Morgan fingerprint density at radius 1 is 1.34 bits per heavy atom. The number of carbonyl (C=O) groups is 2. The van der Waals surface area contributed by atoms with Gasteiger partial charge in [-0.15, -0.1) is 0 Å². The number of alkyl halides is 4. The van der Waals surface area contributed by atoms with E-state index in [2.05, 4.69) is 15.3 Å². The van der Waals surface area contributed by atoms with Crippen LogP contribution in [0.1, 0.15) is 48.8 Å². The molecular formula is C19H20F4N4O2. The summed E-state index contributed by atoms with van der Waals surface area (Å²) in [5.41, 5.74) is -0.982. The number of H-pyrrole nitrogens is 1. The molecule has 2 aliphatic rings. The van der Waals surface area contributed by atoms with E-state index in [1.165, 1.54) is 23.2 Å². The fraction of sp³-hybridized carbons (Fsp3) is 0.526. The van der Waals surface area contributed by atoms with Crippen LogP contribution >= 0.6 is 0 Å². The first-order chi connectivity index (χ1) is 13.7. The van der Waals surface area contributed by atoms with Crippen LogP contribution in [0.4, 0.5) is 17.6 Å². The number of pyridine rings is 1. The maximum Gasteiger partial charge on any atom is 0.280 e. The van der Waals surface area contributed by atoms with Crippen LogP contribution in [0.3, 0.4) is 0 Å². The number of aromatic nitrogens is 2. The highest BCUT2D eigenvalue weighted by Gasteiger charge is 2.73. The first kappa shape index (κ1) is 19.7. The second kappa shape index (κ2) is 6.70. The van der Waals surface area contributed by atoms with Crippen molar-refractivity contribution >= 4 is 22.7 Å². The van der Waals surface area contributed by atoms with Crippen LogP contribution < -0.4 is 5.32 Å². The Morgan fingerprint density at radius 2 is 2.07 bits per heavy atom. The first-order valence-electron chi connectivity index (χ1n) is 9.40. The van der Waals surface area contributed by atoms with Gasteiger partial charge in [0.1, 0.15) is 17.4 Å². The molecule has 1 aliphatic heterocycles. The monoisotopic (exact) mass is 412 g/mol. The van der Waals surface area contributed by atoms with E-state index in [0.717, 1.165) is 0 Å². The number of fused-ring (bicyclic) bond motifs is 1. The molecule has 2 amide bonds. The van der Waals surface area contributed by atoms with Gasteiger partial charge in [-0.1, -0.05) is 6.92 Å². The molecule has 2 aromatic rings. The number of nitrogens with one attached hydrogen (secondary N) is 2. The summed E-state index contributed by atoms with van der Waals surface area (Å²) in [5, 5.41) is 3.01. The molecule has 3 heterocycles. The van der Waals surface area contributed by atoms with Crippen molar-refractivity contribution < 1.29 is 27.2 Å². The molecule has 1 aliphatic carbocycles. The molecular weight excluding hydrogens is 392 g/mol. The molecule has 0 aromatic carbocycles. The topological polar surface area (TPSA) is 78.1 Å². The maximum atomic E-state index is 13.6. The van der Waals surface area contributed by atoms with Crippen LogP contribution in [-0.2, 0) is 4.79 Å². The molecule has 1 saturated carbocycles. The SMILES string of the molecule is CC[C@H](NC(=O)c1cc2cc(C(F)F)ncc2[nH]1)C(=O)N1CC[C@]2(C1)CC2(F)F. The number of rotatable bonds is 5. The van der Waals surface area contributed by atoms with Crippen molar-refractivity contribution in [3.63, 3.8) is 0 Å². The second-order valence-corrected chi connectivity index (χ2v) is 7.79. The standard InChI is InChI=1S/C19H20F4N4O2/c1-2-11(17(29)27-4-3-18(9-27)8-19(18,22)23)26-16(28)13-6-10-5-12(15(20)21)24-7-14(10)25-13/h5-7,11,15,25H,2-4,8-9H2,1H3,(H,26,28)/t11-,18+/m0/s1. The summed E-state index contributed by atoms with van der Waals surface area (Å²) in [5.74, 6) is -3.69. The highest BCUT2D eigenvalue weighted by molar-refractivity contribution is 6.00. The maximum absolute atomic E-state index is 13.6. The lowest BCUT2D eigenvalue weighted by atomic mass is 10.1. The largest absolute Gasteiger partial charge is 0.349 e. The third kappa shape index (κ3) is 3.34. The van der Waals surface area contributed by atoms with Crippen molar-refractivity contribution in [3.05, 3.63) is 29.7 Å². The number of halogens is 4. The van der Waals surface area contributed by atoms with Crippen LogP contribution in [0.2, 0.25) is 0 Å². The van der Waals surface area contributed by atoms with E-state index in [1.54, 1.807) is 6.92 Å². The van der Waals surface area contributed by atoms with Gasteiger partial charge in [-0.3, -0.25) is 14.6 Å². The smallest absolute Gasteiger partial charge is 0.280 e. The van der Waals surface area contributed by atoms with Crippen molar-refractivity contribution in [2.45, 2.75) is 44.6 Å². The molecule has 1 saturated heterocycles. The molecule has 2 N–H and O–H groups in total. The molecule has 0 radical (unpaired) electrons. The fourth-order valence-electron chi connectivity index (χ4n) is 3.97. The third-order valence-electron chi connectivity index (χ3n) is 5.88. The molecule has 0 bridgehead atoms. The Hall–Kier alpha value is -2.65. The minimum Gasteiger partial charge on any atom is -0.349 e. The molecule has 4 rings (SSSR count). The zero-order valence-electron chi connectivity index (χ0n) is 15.6. The van der Waals surface area contributed by atoms with E-state index < -0.39 is 41.3 Å². The van der Waals surface area contributed by atoms with Crippen molar-refractivity contribution in [1.82, 2.24) is 20.2 Å². The predicted octanol–water partition coefficient (Wildman–Crippen LogP) is 3.27. The van der Waals surface area contributed by atoms with Gasteiger partial charge in [0, 0.05) is 24.9 Å². The molecule has 6 nitrogen and oxygen atoms in total. The van der Waals surface area contributed by atoms with Gasteiger partial charge in [-0.2, -0.15) is 0 Å². The summed E-state index contributed by atoms with van der Waals surface area (Å²) < 4.78 is 52.7. The number of carbonyl (C=O) groups excluding carboxylic acids is 2. The minimum atomic E-state index is -2.73. The predicted molar refractivity (Wildman–Crippen MR) is 95.8 cm³/mol. The van der Waals surface area contributed by atoms with E-state index in [9.17, 15) is 27.2 Å². The molecule has 2 aromatic heterocycles. The van der Waals surface area contributed by atoms with Gasteiger partial charge in [0.25, 0.3) is 18.3 Å². The highest BCUT2D eigenvalue weighted by Crippen LogP contribution is 2.65. The lowest BCUT2D eigenvalue weighted by molar-refractivity contribution is -0.132. The molecule has 2 fully saturated rings. The van der Waals surface area contributed by atoms with Gasteiger partial charge in [-0.05, 0) is 25.0 Å². The lowest BCUT2D eigenvalue weighted by Crippen LogP contribution is -2.47. The summed E-state index contributed by atoms with van der Waals surface area (Å²) in [6.45, 7) is 1.96. The van der Waals surface area contributed by atoms with Crippen LogP contribution in [-0.4, -0.2) is 51.7 Å². The normalized spacial score (nSPS) is 23.7. The average molecular weight is 412 g/mol. The number of amides is 2. The van der Waals surface area contributed by atoms with E-state index in [0.29, 0.717) is 17.3 Å². The molecule has 2 atom stereocenters. The fourth-order valence-corrected chi connectivity index (χ4v) is 3.97. The summed E-state index contributed by atoms with van der Waals surface area (Å²) in [7, 11) is 0. The van der Waals surface area contributed by atoms with E-state index in [1.807, 2.05) is 0 Å². The Kier molecular flexibility index (Phi) is 4.54. The average Bonchev–Trinajstić information content (AvgIpc) is 3.05. The molecule has 10 heteroatoms. The van der Waals surface area contributed by atoms with Gasteiger partial charge < -0.3 is 15.2 Å². The van der Waals surface area contributed by atoms with E-state index >= 15 is 0 Å². The molecule has 0 unspecified atom stereocenters. The van der Waals surface area contributed by atoms with E-state index in [4.69, 9.17) is 0 Å². The second-order valence-electron chi connectivity index (χ2n) is 7.79. The Morgan fingerprint density at radius 3 is 2.66 bits per heavy atom. The number of aromatic amines is 1. The molecule has 156 valence electrons. The summed E-state index contributed by atoms with van der Waals surface area (Å²) >= 11 is 0. The third-order valence-corrected chi connectivity index (χ3v) is 5.88. The van der Waals surface area contributed by atoms with Crippen LogP contribution in [0, 0.1) is 5.41 Å². The summed E-state index contributed by atoms with van der Waals surface area (Å²) in [6, 6.07) is 1.74. The van der Waals surface area contributed by atoms with Gasteiger partial charge in [-0.25, -0.2) is 17.6 Å². The Labute approximate surface area is 163 Å². The molecule has 29 heavy (non-hydrogen) atoms. The van der Waals surface area contributed by atoms with Crippen molar-refractivity contribution in [1.29, 1.82) is 0 Å². The van der Waals surface area contributed by atoms with Crippen LogP contribution in [0.15, 0.2) is 18.3 Å². The zero-order chi connectivity index (χ0) is 21.0. The number of nitrogens with zero attached hydrogens (tertiary/aromatic N) is 2. The Balaban J connectivity index is 1.45. The highest BCUT2D eigenvalue weighted by atomic mass is 19.3. The summed E-state index contributed by atoms with van der Waals surface area (Å²) in [6.07, 6.45) is -1.15. The minimum absolute atomic E-state index is 0.000331.